The van der Waals surface area contributed by atoms with Crippen molar-refractivity contribution in [3.8, 4) is 0 Å². The van der Waals surface area contributed by atoms with Gasteiger partial charge in [0.05, 0.1) is 11.7 Å². The van der Waals surface area contributed by atoms with Crippen LogP contribution in [0.3, 0.4) is 0 Å². The van der Waals surface area contributed by atoms with Crippen LogP contribution in [0.1, 0.15) is 5.82 Å². The first-order valence-electron chi connectivity index (χ1n) is 12.0. The van der Waals surface area contributed by atoms with E-state index < -0.39 is 35.3 Å². The number of carboxylic acids is 1. The molecule has 2 atom stereocenters. The minimum atomic E-state index is -1.50. The average Bonchev–Trinajstić information content (AvgIpc) is 3.57. The highest BCUT2D eigenvalue weighted by Gasteiger charge is 2.53. The highest BCUT2D eigenvalue weighted by Crippen LogP contribution is 2.40. The molecule has 5 heterocycles. The number of imidazole rings is 1. The molecule has 17 nitrogen and oxygen atoms in total. The summed E-state index contributed by atoms with van der Waals surface area (Å²) >= 11 is 3.53. The van der Waals surface area contributed by atoms with E-state index in [9.17, 15) is 24.3 Å². The Balaban J connectivity index is 1.30. The predicted octanol–water partition coefficient (Wildman–Crippen LogP) is -2.30. The number of fused-ring (bicyclic) bond motifs is 2. The predicted molar refractivity (Wildman–Crippen MR) is 147 cm³/mol. The molecule has 2 aliphatic heterocycles. The lowest BCUT2D eigenvalue weighted by Gasteiger charge is -2.50. The summed E-state index contributed by atoms with van der Waals surface area (Å²) < 4.78 is 12.1. The molecule has 0 unspecified atom stereocenters. The number of β-lactam (4-membered cyclic amide) rings is 1. The first-order valence-corrected chi connectivity index (χ1v) is 14.8. The normalized spacial score (nSPS) is 18.5. The molecule has 0 radical (unpaired) electrons. The van der Waals surface area contributed by atoms with Crippen LogP contribution >= 0.6 is 35.1 Å². The summed E-state index contributed by atoms with van der Waals surface area (Å²) in [7, 11) is 1.24. The first-order chi connectivity index (χ1) is 20.2. The van der Waals surface area contributed by atoms with Gasteiger partial charge in [-0.1, -0.05) is 22.0 Å². The lowest BCUT2D eigenvalue weighted by Crippen LogP contribution is -2.71. The van der Waals surface area contributed by atoms with Crippen LogP contribution in [0, 0.1) is 0 Å². The zero-order valence-corrected chi connectivity index (χ0v) is 24.1. The number of primary amides is 1. The number of nitrogens with zero attached hydrogens (tertiary/aromatic N) is 7. The van der Waals surface area contributed by atoms with E-state index >= 15 is 0 Å². The highest BCUT2D eigenvalue weighted by atomic mass is 32.2. The number of nitrogens with one attached hydrogen (secondary N) is 1. The zero-order valence-electron chi connectivity index (χ0n) is 21.7. The molecule has 5 rings (SSSR count). The highest BCUT2D eigenvalue weighted by molar-refractivity contribution is 8.00. The molecule has 1 fully saturated rings. The lowest BCUT2D eigenvalue weighted by atomic mass is 10.0. The second-order valence-electron chi connectivity index (χ2n) is 8.60. The third-order valence-electron chi connectivity index (χ3n) is 6.02. The van der Waals surface area contributed by atoms with E-state index in [1.54, 1.807) is 27.5 Å². The van der Waals surface area contributed by atoms with Gasteiger partial charge in [0, 0.05) is 34.7 Å². The number of carbonyl (C=O) groups is 4. The van der Waals surface area contributed by atoms with Gasteiger partial charge in [0.1, 0.15) is 42.9 Å². The number of nitrogen functional groups attached to an aromatic ring is 1. The minimum absolute atomic E-state index is 0.0662. The molecule has 3 aromatic rings. The number of anilines is 1. The summed E-state index contributed by atoms with van der Waals surface area (Å²) in [6.07, 6.45) is 2.60. The third kappa shape index (κ3) is 5.81. The SMILES string of the molecule is CO/N=C(\C(=O)N[C@@H]1C(=O)N2C(C(=O)[O-])=C(C[n+]3ccn4nc(SCCOC(N)=O)ccc43)CS[C@H]12)c1nsc(N)n1. The van der Waals surface area contributed by atoms with Crippen molar-refractivity contribution in [2.24, 2.45) is 10.9 Å². The molecule has 0 spiro atoms. The van der Waals surface area contributed by atoms with Gasteiger partial charge in [0.15, 0.2) is 11.3 Å². The summed E-state index contributed by atoms with van der Waals surface area (Å²) in [4.78, 5) is 58.7. The molecule has 220 valence electrons. The van der Waals surface area contributed by atoms with Gasteiger partial charge in [0.2, 0.25) is 11.5 Å². The Morgan fingerprint density at radius 3 is 2.86 bits per heavy atom. The Bertz CT molecular complexity index is 1640. The Morgan fingerprint density at radius 1 is 1.36 bits per heavy atom. The monoisotopic (exact) mass is 634 g/mol. The van der Waals surface area contributed by atoms with E-state index in [-0.39, 0.29) is 41.3 Å². The van der Waals surface area contributed by atoms with Gasteiger partial charge in [-0.3, -0.25) is 14.5 Å². The van der Waals surface area contributed by atoms with Gasteiger partial charge in [-0.25, -0.2) is 9.36 Å². The number of nitrogens with two attached hydrogens (primary N) is 2. The lowest BCUT2D eigenvalue weighted by molar-refractivity contribution is -0.662. The van der Waals surface area contributed by atoms with Crippen LogP contribution in [0.2, 0.25) is 0 Å². The maximum absolute atomic E-state index is 13.1. The van der Waals surface area contributed by atoms with Gasteiger partial charge in [0.25, 0.3) is 11.8 Å². The fourth-order valence-electron chi connectivity index (χ4n) is 4.28. The average molecular weight is 635 g/mol. The second kappa shape index (κ2) is 12.2. The van der Waals surface area contributed by atoms with Crippen LogP contribution in [0.4, 0.5) is 9.93 Å². The standard InChI is InChI=1S/C22H22N10O7S3/c1-38-28-13(16-26-21(23)42-29-16)17(33)25-14-18(34)32-15(20(35)36)10(9-41-19(14)32)8-30-4-5-31-12(30)3-2-11(27-31)40-7-6-39-22(24)37/h2-5,14,19H,6-9H2,1H3,(H5-,23,24,25,26,29,33,35,36,37)/b28-13-/t14-,19-/m1/s1. The molecule has 2 aliphatic rings. The third-order valence-corrected chi connectivity index (χ3v) is 8.78. The van der Waals surface area contributed by atoms with Crippen molar-refractivity contribution < 1.29 is 38.4 Å². The van der Waals surface area contributed by atoms with Crippen LogP contribution in [0.25, 0.3) is 5.65 Å². The van der Waals surface area contributed by atoms with Crippen molar-refractivity contribution in [3.05, 3.63) is 41.6 Å². The number of aliphatic carboxylic acids is 1. The van der Waals surface area contributed by atoms with Gasteiger partial charge < -0.3 is 36.3 Å². The summed E-state index contributed by atoms with van der Waals surface area (Å²) in [5.74, 6) is -2.24. The van der Waals surface area contributed by atoms with E-state index in [0.29, 0.717) is 22.0 Å². The maximum Gasteiger partial charge on any atom is 0.404 e. The molecule has 0 bridgehead atoms. The quantitative estimate of drug-likeness (QED) is 0.0503. The van der Waals surface area contributed by atoms with E-state index in [1.165, 1.54) is 30.6 Å². The molecule has 42 heavy (non-hydrogen) atoms. The van der Waals surface area contributed by atoms with Crippen molar-refractivity contribution in [3.63, 3.8) is 0 Å². The Morgan fingerprint density at radius 2 is 2.17 bits per heavy atom. The maximum atomic E-state index is 13.1. The number of rotatable bonds is 11. The molecule has 0 saturated carbocycles. The van der Waals surface area contributed by atoms with Crippen LogP contribution in [0.5, 0.6) is 0 Å². The van der Waals surface area contributed by atoms with E-state index in [2.05, 4.69) is 24.9 Å². The zero-order chi connectivity index (χ0) is 30.0. The molecule has 0 aromatic carbocycles. The molecule has 3 amide bonds. The molecular formula is C22H22N10O7S3. The number of carbonyl (C=O) groups excluding carboxylic acids is 4. The number of thioether (sulfide) groups is 2. The van der Waals surface area contributed by atoms with Crippen molar-refractivity contribution in [2.75, 3.05) is 31.0 Å². The van der Waals surface area contributed by atoms with Crippen molar-refractivity contribution in [2.45, 2.75) is 23.0 Å². The van der Waals surface area contributed by atoms with Crippen LogP contribution < -0.4 is 26.5 Å². The molecule has 0 aliphatic carbocycles. The first kappa shape index (κ1) is 29.1. The Hall–Kier alpha value is -4.43. The Kier molecular flexibility index (Phi) is 8.45. The van der Waals surface area contributed by atoms with Gasteiger partial charge in [-0.05, 0) is 6.07 Å². The fourth-order valence-corrected chi connectivity index (χ4v) is 6.74. The molecule has 1 saturated heterocycles. The van der Waals surface area contributed by atoms with Crippen molar-refractivity contribution in [1.29, 1.82) is 0 Å². The van der Waals surface area contributed by atoms with Gasteiger partial charge in [-0.2, -0.15) is 9.36 Å². The Labute approximate surface area is 249 Å². The smallest absolute Gasteiger partial charge is 0.404 e. The van der Waals surface area contributed by atoms with E-state index in [0.717, 1.165) is 16.4 Å². The summed E-state index contributed by atoms with van der Waals surface area (Å²) in [6.45, 7) is 0.298. The number of ether oxygens (including phenoxy) is 1. The van der Waals surface area contributed by atoms with Crippen molar-refractivity contribution in [1.82, 2.24) is 29.2 Å². The number of aromatic nitrogens is 5. The van der Waals surface area contributed by atoms with Gasteiger partial charge in [-0.15, -0.1) is 16.3 Å². The van der Waals surface area contributed by atoms with E-state index in [1.807, 2.05) is 6.07 Å². The second-order valence-corrected chi connectivity index (χ2v) is 11.6. The minimum Gasteiger partial charge on any atom is -0.543 e. The molecule has 5 N–H and O–H groups in total. The number of hydrogen-bond acceptors (Lipinski definition) is 15. The molecule has 20 heteroatoms. The van der Waals surface area contributed by atoms with Crippen LogP contribution in [0.15, 0.2) is 46.0 Å². The van der Waals surface area contributed by atoms with E-state index in [4.69, 9.17) is 21.0 Å². The number of amides is 3. The largest absolute Gasteiger partial charge is 0.543 e. The fraction of sp³-hybridized carbons (Fsp3) is 0.318. The van der Waals surface area contributed by atoms with Crippen molar-refractivity contribution >= 4 is 75.4 Å². The number of hydrogen-bond donors (Lipinski definition) is 3. The summed E-state index contributed by atoms with van der Waals surface area (Å²) in [6, 6.07) is 2.57. The number of carboxylic acid groups (broad SMARTS) is 1. The van der Waals surface area contributed by atoms with Gasteiger partial charge >= 0.3 is 11.7 Å². The topological polar surface area (TPSA) is 236 Å². The summed E-state index contributed by atoms with van der Waals surface area (Å²) in [5.41, 5.74) is 11.2. The summed E-state index contributed by atoms with van der Waals surface area (Å²) in [5, 5.41) is 23.1. The molecular weight excluding hydrogens is 613 g/mol. The number of oxime groups is 1. The van der Waals surface area contributed by atoms with Crippen LogP contribution in [-0.4, -0.2) is 90.1 Å². The molecule has 3 aromatic heterocycles. The van der Waals surface area contributed by atoms with Crippen LogP contribution in [-0.2, 0) is 30.5 Å².